The number of benzene rings is 9. The van der Waals surface area contributed by atoms with Gasteiger partial charge in [-0.05, 0) is 83.2 Å². The van der Waals surface area contributed by atoms with Gasteiger partial charge in [0.15, 0.2) is 0 Å². The molecule has 0 spiro atoms. The van der Waals surface area contributed by atoms with Crippen LogP contribution in [0.1, 0.15) is 9.60 Å². The lowest BCUT2D eigenvalue weighted by atomic mass is 9.84. The van der Waals surface area contributed by atoms with E-state index in [1.165, 1.54) is 0 Å². The van der Waals surface area contributed by atoms with E-state index < -0.39 is 12.1 Å². The van der Waals surface area contributed by atoms with E-state index in [0.717, 1.165) is 76.5 Å². The Morgan fingerprint density at radius 2 is 1.02 bits per heavy atom. The highest BCUT2D eigenvalue weighted by Crippen LogP contribution is 2.47. The summed E-state index contributed by atoms with van der Waals surface area (Å²) in [5.41, 5.74) is 6.60. The number of furan rings is 1. The molecular formula is C46H28O. The van der Waals surface area contributed by atoms with Gasteiger partial charge < -0.3 is 4.42 Å². The van der Waals surface area contributed by atoms with Gasteiger partial charge in [0.05, 0.1) is 9.60 Å². The van der Waals surface area contributed by atoms with Gasteiger partial charge in [-0.1, -0.05) is 158 Å². The Morgan fingerprint density at radius 1 is 0.383 bits per heavy atom. The van der Waals surface area contributed by atoms with Crippen LogP contribution in [-0.2, 0) is 0 Å². The van der Waals surface area contributed by atoms with Crippen molar-refractivity contribution >= 4 is 65.0 Å². The van der Waals surface area contributed by atoms with Crippen molar-refractivity contribution in [3.8, 4) is 33.4 Å². The smallest absolute Gasteiger partial charge is 0.143 e. The van der Waals surface area contributed by atoms with E-state index in [4.69, 9.17) is 14.0 Å². The first-order valence-electron chi connectivity index (χ1n) is 19.1. The molecular weight excluding hydrogens is 569 g/mol. The minimum absolute atomic E-state index is 0.0535. The second kappa shape index (κ2) is 10.2. The summed E-state index contributed by atoms with van der Waals surface area (Å²) in [7, 11) is 0. The van der Waals surface area contributed by atoms with Crippen molar-refractivity contribution in [3.05, 3.63) is 170 Å². The molecule has 0 saturated heterocycles. The lowest BCUT2D eigenvalue weighted by molar-refractivity contribution is 0.673. The Hall–Kier alpha value is -6.18. The van der Waals surface area contributed by atoms with Gasteiger partial charge in [0, 0.05) is 16.2 Å². The zero-order valence-electron chi connectivity index (χ0n) is 32.0. The van der Waals surface area contributed by atoms with E-state index in [1.54, 1.807) is 0 Å². The van der Waals surface area contributed by atoms with Gasteiger partial charge in [-0.25, -0.2) is 0 Å². The van der Waals surface area contributed by atoms with Crippen LogP contribution in [0.2, 0.25) is 0 Å². The second-order valence-electron chi connectivity index (χ2n) is 11.9. The van der Waals surface area contributed by atoms with E-state index in [0.29, 0.717) is 5.56 Å². The van der Waals surface area contributed by atoms with Crippen LogP contribution in [0.4, 0.5) is 0 Å². The Bertz CT molecular complexity index is 3170. The molecule has 0 fully saturated rings. The van der Waals surface area contributed by atoms with E-state index >= 15 is 0 Å². The van der Waals surface area contributed by atoms with Crippen LogP contribution in [0.15, 0.2) is 174 Å². The summed E-state index contributed by atoms with van der Waals surface area (Å²) < 4.78 is 66.3. The van der Waals surface area contributed by atoms with Crippen LogP contribution >= 0.6 is 0 Å². The first kappa shape index (κ1) is 20.0. The predicted octanol–water partition coefficient (Wildman–Crippen LogP) is 13.2. The molecule has 1 aromatic heterocycles. The first-order valence-corrected chi connectivity index (χ1v) is 15.6. The molecule has 218 valence electrons. The maximum Gasteiger partial charge on any atom is 0.143 e. The molecule has 0 saturated carbocycles. The molecule has 10 aromatic rings. The summed E-state index contributed by atoms with van der Waals surface area (Å²) >= 11 is 0. The molecule has 0 unspecified atom stereocenters. The molecule has 1 nitrogen and oxygen atoms in total. The number of hydrogen-bond acceptors (Lipinski definition) is 1. The third kappa shape index (κ3) is 3.90. The molecule has 0 aliphatic carbocycles. The summed E-state index contributed by atoms with van der Waals surface area (Å²) in [6, 6.07) is 40.7. The minimum atomic E-state index is -0.465. The third-order valence-electron chi connectivity index (χ3n) is 9.36. The molecule has 0 amide bonds. The summed E-state index contributed by atoms with van der Waals surface area (Å²) in [6.45, 7) is 0. The van der Waals surface area contributed by atoms with Crippen LogP contribution in [0.5, 0.6) is 0 Å². The predicted molar refractivity (Wildman–Crippen MR) is 200 cm³/mol. The first-order chi connectivity index (χ1) is 26.2. The summed E-state index contributed by atoms with van der Waals surface area (Å²) in [4.78, 5) is 0. The van der Waals surface area contributed by atoms with Gasteiger partial charge in [0.25, 0.3) is 0 Å². The zero-order valence-corrected chi connectivity index (χ0v) is 25.0. The number of rotatable bonds is 3. The van der Waals surface area contributed by atoms with Crippen molar-refractivity contribution in [1.29, 1.82) is 0 Å². The summed E-state index contributed by atoms with van der Waals surface area (Å²) in [5.74, 6) is 0. The van der Waals surface area contributed by atoms with Crippen LogP contribution < -0.4 is 0 Å². The van der Waals surface area contributed by atoms with E-state index in [-0.39, 0.29) is 46.5 Å². The molecule has 0 atom stereocenters. The van der Waals surface area contributed by atoms with Crippen molar-refractivity contribution < 1.29 is 14.0 Å². The van der Waals surface area contributed by atoms with Crippen molar-refractivity contribution in [3.63, 3.8) is 0 Å². The molecule has 0 N–H and O–H groups in total. The summed E-state index contributed by atoms with van der Waals surface area (Å²) in [6.07, 6.45) is 0. The van der Waals surface area contributed by atoms with Crippen molar-refractivity contribution in [2.75, 3.05) is 0 Å². The SMILES string of the molecule is [2H]c1c([2H])c([2H])c2c(-c3ccc(-c4c5ccccc5c(-c5cccc6oc7c8ccccc8ccc7c56)c5ccccc45)cc3)c([2H])c([2H])c([2H])c2c1[2H]. The van der Waals surface area contributed by atoms with Gasteiger partial charge in [-0.3, -0.25) is 0 Å². The average molecular weight is 604 g/mol. The number of fused-ring (bicyclic) bond motifs is 8. The average Bonchev–Trinajstić information content (AvgIpc) is 3.60. The normalized spacial score (nSPS) is 13.9. The van der Waals surface area contributed by atoms with Gasteiger partial charge >= 0.3 is 0 Å². The van der Waals surface area contributed by atoms with Crippen LogP contribution in [-0.4, -0.2) is 0 Å². The molecule has 0 bridgehead atoms. The standard InChI is InChI=1S/C46H28O/c1-3-14-33-29(11-1)13-9-20-34(33)31-23-25-32(26-24-31)43-36-16-5-7-18-38(36)44(39-19-8-6-17-37(39)43)40-21-10-22-42-45(40)41-28-27-30-12-2-4-15-35(30)46(41)47-42/h1-28H/i1D,3D,9D,11D,13D,14D,20D. The largest absolute Gasteiger partial charge is 0.455 e. The lowest BCUT2D eigenvalue weighted by Crippen LogP contribution is -1.91. The van der Waals surface area contributed by atoms with E-state index in [2.05, 4.69) is 72.8 Å². The van der Waals surface area contributed by atoms with Gasteiger partial charge in [-0.2, -0.15) is 0 Å². The van der Waals surface area contributed by atoms with Crippen molar-refractivity contribution in [1.82, 2.24) is 0 Å². The lowest BCUT2D eigenvalue weighted by Gasteiger charge is -2.18. The Balaban J connectivity index is 1.22. The van der Waals surface area contributed by atoms with Crippen LogP contribution in [0, 0.1) is 0 Å². The van der Waals surface area contributed by atoms with E-state index in [1.807, 2.05) is 54.6 Å². The maximum atomic E-state index is 8.85. The highest BCUT2D eigenvalue weighted by Gasteiger charge is 2.21. The quantitative estimate of drug-likeness (QED) is 0.183. The monoisotopic (exact) mass is 603 g/mol. The van der Waals surface area contributed by atoms with Crippen molar-refractivity contribution in [2.45, 2.75) is 0 Å². The third-order valence-corrected chi connectivity index (χ3v) is 9.36. The molecule has 47 heavy (non-hydrogen) atoms. The molecule has 1 heterocycles. The van der Waals surface area contributed by atoms with E-state index in [9.17, 15) is 0 Å². The highest BCUT2D eigenvalue weighted by atomic mass is 16.3. The second-order valence-corrected chi connectivity index (χ2v) is 11.9. The fourth-order valence-electron chi connectivity index (χ4n) is 7.32. The fourth-order valence-corrected chi connectivity index (χ4v) is 7.32. The fraction of sp³-hybridized carbons (Fsp3) is 0. The number of hydrogen-bond donors (Lipinski definition) is 0. The Labute approximate surface area is 281 Å². The zero-order chi connectivity index (χ0) is 37.0. The maximum absolute atomic E-state index is 8.85. The topological polar surface area (TPSA) is 13.1 Å². The van der Waals surface area contributed by atoms with Gasteiger partial charge in [0.1, 0.15) is 11.2 Å². The minimum Gasteiger partial charge on any atom is -0.455 e. The Kier molecular flexibility index (Phi) is 4.34. The summed E-state index contributed by atoms with van der Waals surface area (Å²) in [5, 5.41) is 8.63. The molecule has 9 aromatic carbocycles. The molecule has 10 rings (SSSR count). The molecule has 0 radical (unpaired) electrons. The Morgan fingerprint density at radius 3 is 1.79 bits per heavy atom. The van der Waals surface area contributed by atoms with Crippen LogP contribution in [0.25, 0.3) is 98.4 Å². The molecule has 0 aliphatic rings. The van der Waals surface area contributed by atoms with Gasteiger partial charge in [-0.15, -0.1) is 0 Å². The molecule has 1 heteroatoms. The van der Waals surface area contributed by atoms with Crippen LogP contribution in [0.3, 0.4) is 0 Å². The van der Waals surface area contributed by atoms with Crippen molar-refractivity contribution in [2.24, 2.45) is 0 Å². The highest BCUT2D eigenvalue weighted by molar-refractivity contribution is 6.27. The van der Waals surface area contributed by atoms with Gasteiger partial charge in [0.2, 0.25) is 0 Å². The molecule has 0 aliphatic heterocycles.